The van der Waals surface area contributed by atoms with Gasteiger partial charge in [-0.25, -0.2) is 4.79 Å². The zero-order valence-electron chi connectivity index (χ0n) is 21.4. The Balaban J connectivity index is 1.80. The molecule has 0 amide bonds. The van der Waals surface area contributed by atoms with Gasteiger partial charge < -0.3 is 19.5 Å². The molecule has 1 aliphatic heterocycles. The Kier molecular flexibility index (Phi) is 7.33. The summed E-state index contributed by atoms with van der Waals surface area (Å²) in [7, 11) is 3.13. The van der Waals surface area contributed by atoms with Crippen molar-refractivity contribution < 1.29 is 28.7 Å². The second-order valence-electron chi connectivity index (χ2n) is 9.44. The van der Waals surface area contributed by atoms with E-state index in [0.717, 1.165) is 5.56 Å². The second kappa shape index (κ2) is 10.5. The van der Waals surface area contributed by atoms with Crippen LogP contribution in [0.5, 0.6) is 11.5 Å². The number of nitrogens with zero attached hydrogens (tertiary/aromatic N) is 1. The molecule has 37 heavy (non-hydrogen) atoms. The van der Waals surface area contributed by atoms with Crippen LogP contribution in [0, 0.1) is 16.0 Å². The molecule has 9 nitrogen and oxygen atoms in total. The fraction of sp³-hybridized carbons (Fsp3) is 0.357. The number of nitrogens with one attached hydrogen (secondary N) is 1. The molecule has 1 N–H and O–H groups in total. The minimum atomic E-state index is -0.656. The lowest BCUT2D eigenvalue weighted by atomic mass is 9.68. The first-order chi connectivity index (χ1) is 17.6. The smallest absolute Gasteiger partial charge is 0.336 e. The number of ether oxygens (including phenoxy) is 3. The molecule has 1 aliphatic carbocycles. The van der Waals surface area contributed by atoms with Gasteiger partial charge in [-0.15, -0.1) is 0 Å². The van der Waals surface area contributed by atoms with Crippen LogP contribution in [0.25, 0.3) is 0 Å². The van der Waals surface area contributed by atoms with E-state index in [4.69, 9.17) is 14.2 Å². The third-order valence-corrected chi connectivity index (χ3v) is 6.73. The number of ketones is 1. The number of rotatable bonds is 7. The monoisotopic (exact) mass is 506 g/mol. The minimum absolute atomic E-state index is 0.0458. The minimum Gasteiger partial charge on any atom is -0.493 e. The largest absolute Gasteiger partial charge is 0.493 e. The third kappa shape index (κ3) is 5.07. The van der Waals surface area contributed by atoms with Gasteiger partial charge in [0.2, 0.25) is 0 Å². The van der Waals surface area contributed by atoms with Crippen LogP contribution in [0.2, 0.25) is 0 Å². The van der Waals surface area contributed by atoms with Crippen molar-refractivity contribution in [3.05, 3.63) is 86.7 Å². The van der Waals surface area contributed by atoms with Crippen molar-refractivity contribution in [1.29, 1.82) is 0 Å². The van der Waals surface area contributed by atoms with Gasteiger partial charge in [0.05, 0.1) is 36.7 Å². The van der Waals surface area contributed by atoms with E-state index in [9.17, 15) is 19.7 Å². The van der Waals surface area contributed by atoms with E-state index in [0.29, 0.717) is 34.0 Å². The molecule has 9 heteroatoms. The van der Waals surface area contributed by atoms with Gasteiger partial charge in [-0.3, -0.25) is 14.9 Å². The van der Waals surface area contributed by atoms with Crippen LogP contribution >= 0.6 is 0 Å². The van der Waals surface area contributed by atoms with Crippen LogP contribution < -0.4 is 14.8 Å². The Hall–Kier alpha value is -4.14. The molecule has 3 atom stereocenters. The van der Waals surface area contributed by atoms with E-state index in [2.05, 4.69) is 5.32 Å². The number of hydrogen-bond acceptors (Lipinski definition) is 8. The summed E-state index contributed by atoms with van der Waals surface area (Å²) < 4.78 is 16.3. The average Bonchev–Trinajstić information content (AvgIpc) is 2.86. The Morgan fingerprint density at radius 3 is 2.27 bits per heavy atom. The first-order valence-corrected chi connectivity index (χ1v) is 12.0. The molecule has 2 aliphatic rings. The first-order valence-electron chi connectivity index (χ1n) is 12.0. The number of allylic oxidation sites excluding steroid dienone is 3. The number of fused-ring (bicyclic) bond motifs is 1. The molecule has 0 aromatic heterocycles. The molecule has 2 aromatic carbocycles. The summed E-state index contributed by atoms with van der Waals surface area (Å²) in [6.07, 6.45) is 1.89. The Labute approximate surface area is 215 Å². The van der Waals surface area contributed by atoms with Crippen molar-refractivity contribution in [2.45, 2.75) is 45.1 Å². The van der Waals surface area contributed by atoms with Gasteiger partial charge in [-0.05, 0) is 44.0 Å². The number of methoxy groups -OCH3 is 2. The van der Waals surface area contributed by atoms with Crippen molar-refractivity contribution in [3.63, 3.8) is 0 Å². The highest BCUT2D eigenvalue weighted by molar-refractivity contribution is 5.96. The summed E-state index contributed by atoms with van der Waals surface area (Å²) in [6.45, 7) is 5.29. The van der Waals surface area contributed by atoms with Crippen molar-refractivity contribution in [3.8, 4) is 11.5 Å². The van der Waals surface area contributed by atoms with Gasteiger partial charge in [-0.2, -0.15) is 0 Å². The van der Waals surface area contributed by atoms with Crippen molar-refractivity contribution in [2.75, 3.05) is 14.2 Å². The molecule has 0 saturated carbocycles. The van der Waals surface area contributed by atoms with Gasteiger partial charge in [0, 0.05) is 41.8 Å². The summed E-state index contributed by atoms with van der Waals surface area (Å²) in [5, 5.41) is 14.5. The van der Waals surface area contributed by atoms with E-state index in [1.807, 2.05) is 24.3 Å². The highest BCUT2D eigenvalue weighted by Crippen LogP contribution is 2.47. The number of nitro benzene ring substituents is 1. The number of carbonyl (C=O) groups excluding carboxylic acids is 2. The zero-order valence-corrected chi connectivity index (χ0v) is 21.4. The van der Waals surface area contributed by atoms with Gasteiger partial charge in [0.1, 0.15) is 5.78 Å². The summed E-state index contributed by atoms with van der Waals surface area (Å²) in [4.78, 5) is 37.6. The Bertz CT molecular complexity index is 1290. The molecular weight excluding hydrogens is 476 g/mol. The van der Waals surface area contributed by atoms with Gasteiger partial charge >= 0.3 is 5.97 Å². The van der Waals surface area contributed by atoms with Crippen molar-refractivity contribution >= 4 is 17.4 Å². The topological polar surface area (TPSA) is 117 Å². The SMILES string of the molecule is COc1ccc(C2C=C3NC(C)=C(C(=O)OC(C)C)C(c4ccc([N+](=O)[O-])cc4)C3C(=O)C2)cc1OC. The normalized spacial score (nSPS) is 21.1. The summed E-state index contributed by atoms with van der Waals surface area (Å²) >= 11 is 0. The average molecular weight is 507 g/mol. The molecular formula is C28H30N2O7. The molecule has 0 spiro atoms. The van der Waals surface area contributed by atoms with E-state index in [1.165, 1.54) is 12.1 Å². The van der Waals surface area contributed by atoms with Crippen LogP contribution in [0.4, 0.5) is 5.69 Å². The summed E-state index contributed by atoms with van der Waals surface area (Å²) in [5.74, 6) is -0.897. The predicted molar refractivity (Wildman–Crippen MR) is 136 cm³/mol. The number of hydrogen-bond donors (Lipinski definition) is 1. The van der Waals surface area contributed by atoms with Crippen LogP contribution in [0.3, 0.4) is 0 Å². The fourth-order valence-corrected chi connectivity index (χ4v) is 5.08. The number of carbonyl (C=O) groups is 2. The maximum absolute atomic E-state index is 13.7. The van der Waals surface area contributed by atoms with E-state index < -0.39 is 22.7 Å². The number of non-ortho nitro benzene ring substituents is 1. The van der Waals surface area contributed by atoms with Gasteiger partial charge in [-0.1, -0.05) is 24.3 Å². The predicted octanol–water partition coefficient (Wildman–Crippen LogP) is 4.78. The maximum Gasteiger partial charge on any atom is 0.336 e. The molecule has 3 unspecified atom stereocenters. The van der Waals surface area contributed by atoms with Crippen molar-refractivity contribution in [2.24, 2.45) is 5.92 Å². The lowest BCUT2D eigenvalue weighted by Crippen LogP contribution is -2.42. The lowest BCUT2D eigenvalue weighted by molar-refractivity contribution is -0.384. The first kappa shape index (κ1) is 25.9. The summed E-state index contributed by atoms with van der Waals surface area (Å²) in [5.41, 5.74) is 3.09. The molecule has 0 bridgehead atoms. The fourth-order valence-electron chi connectivity index (χ4n) is 5.08. The highest BCUT2D eigenvalue weighted by atomic mass is 16.6. The maximum atomic E-state index is 13.7. The van der Waals surface area contributed by atoms with Crippen molar-refractivity contribution in [1.82, 2.24) is 5.32 Å². The zero-order chi connectivity index (χ0) is 26.9. The molecule has 2 aromatic rings. The van der Waals surface area contributed by atoms with E-state index >= 15 is 0 Å². The van der Waals surface area contributed by atoms with Gasteiger partial charge in [0.25, 0.3) is 5.69 Å². The number of benzene rings is 2. The van der Waals surface area contributed by atoms with Crippen LogP contribution in [-0.2, 0) is 14.3 Å². The Morgan fingerprint density at radius 2 is 1.68 bits per heavy atom. The third-order valence-electron chi connectivity index (χ3n) is 6.73. The van der Waals surface area contributed by atoms with E-state index in [1.54, 1.807) is 47.1 Å². The number of Topliss-reactive ketones (excluding diaryl/α,β-unsaturated/α-hetero) is 1. The molecule has 0 saturated heterocycles. The second-order valence-corrected chi connectivity index (χ2v) is 9.44. The quantitative estimate of drug-likeness (QED) is 0.324. The number of esters is 1. The van der Waals surface area contributed by atoms with Crippen LogP contribution in [0.1, 0.15) is 50.2 Å². The van der Waals surface area contributed by atoms with Gasteiger partial charge in [0.15, 0.2) is 11.5 Å². The molecule has 0 fully saturated rings. The van der Waals surface area contributed by atoms with Crippen LogP contribution in [-0.4, -0.2) is 37.0 Å². The molecule has 1 heterocycles. The molecule has 0 radical (unpaired) electrons. The highest BCUT2D eigenvalue weighted by Gasteiger charge is 2.45. The molecule has 4 rings (SSSR count). The lowest BCUT2D eigenvalue weighted by Gasteiger charge is -2.39. The number of nitro groups is 1. The Morgan fingerprint density at radius 1 is 1.03 bits per heavy atom. The summed E-state index contributed by atoms with van der Waals surface area (Å²) in [6, 6.07) is 11.6. The van der Waals surface area contributed by atoms with E-state index in [-0.39, 0.29) is 29.9 Å². The standard InChI is InChI=1S/C28H30N2O7/c1-15(2)37-28(32)25-16(3)29-21-12-19(18-8-11-23(35-4)24(14-18)36-5)13-22(31)27(21)26(25)17-6-9-20(10-7-17)30(33)34/h6-12,14-15,19,26-27,29H,13H2,1-5H3. The molecule has 194 valence electrons. The van der Waals surface area contributed by atoms with Crippen LogP contribution in [0.15, 0.2) is 65.5 Å².